The monoisotopic (exact) mass is 265 g/mol. The van der Waals surface area contributed by atoms with E-state index in [1.165, 1.54) is 43.5 Å². The Kier molecular flexibility index (Phi) is 2.70. The fraction of sp³-hybridized carbons (Fsp3) is 0.933. The average molecular weight is 265 g/mol. The lowest BCUT2D eigenvalue weighted by Crippen LogP contribution is -2.55. The van der Waals surface area contributed by atoms with Crippen molar-refractivity contribution < 1.29 is 4.74 Å². The minimum Gasteiger partial charge on any atom is -0.378 e. The predicted molar refractivity (Wildman–Crippen MR) is 75.6 cm³/mol. The topological polar surface area (TPSA) is 12.5 Å². The van der Waals surface area contributed by atoms with E-state index in [1.54, 1.807) is 0 Å². The van der Waals surface area contributed by atoms with E-state index >= 15 is 0 Å². The summed E-state index contributed by atoms with van der Waals surface area (Å²) in [5, 5.41) is 0. The normalized spacial score (nSPS) is 46.4. The van der Waals surface area contributed by atoms with Gasteiger partial charge in [-0.3, -0.25) is 0 Å². The molecule has 0 amide bonds. The van der Waals surface area contributed by atoms with Crippen LogP contribution in [-0.4, -0.2) is 36.2 Å². The fourth-order valence-corrected chi connectivity index (χ4v) is 5.91. The molecule has 5 aliphatic rings. The zero-order chi connectivity index (χ0) is 12.2. The Balaban J connectivity index is 1.57. The summed E-state index contributed by atoms with van der Waals surface area (Å²) >= 11 is 5.94. The van der Waals surface area contributed by atoms with Crippen LogP contribution in [0.2, 0.25) is 0 Å². The molecule has 0 aromatic carbocycles. The van der Waals surface area contributed by atoms with Crippen LogP contribution in [0.25, 0.3) is 0 Å². The lowest BCUT2D eigenvalue weighted by atomic mass is 9.49. The summed E-state index contributed by atoms with van der Waals surface area (Å²) in [6, 6.07) is 0. The number of rotatable bonds is 1. The zero-order valence-corrected chi connectivity index (χ0v) is 11.9. The third-order valence-corrected chi connectivity index (χ3v) is 6.48. The van der Waals surface area contributed by atoms with E-state index in [1.807, 2.05) is 0 Å². The van der Waals surface area contributed by atoms with E-state index in [-0.39, 0.29) is 0 Å². The maximum Gasteiger partial charge on any atom is 0.0843 e. The standard InChI is InChI=1S/C15H23NOS/c18-14(16-1-3-17-4-2-16)15-8-11-5-12(9-15)7-13(6-11)10-15/h11-13H,1-10H2. The fourth-order valence-electron chi connectivity index (χ4n) is 5.47. The molecule has 4 saturated carbocycles. The molecule has 18 heavy (non-hydrogen) atoms. The van der Waals surface area contributed by atoms with Crippen LogP contribution in [0, 0.1) is 23.2 Å². The van der Waals surface area contributed by atoms with Gasteiger partial charge in [0.25, 0.3) is 0 Å². The zero-order valence-electron chi connectivity index (χ0n) is 11.1. The van der Waals surface area contributed by atoms with Crippen LogP contribution in [-0.2, 0) is 4.74 Å². The highest BCUT2D eigenvalue weighted by Gasteiger charge is 2.53. The molecule has 1 aliphatic heterocycles. The molecule has 100 valence electrons. The van der Waals surface area contributed by atoms with Crippen molar-refractivity contribution in [3.05, 3.63) is 0 Å². The van der Waals surface area contributed by atoms with Gasteiger partial charge in [0, 0.05) is 18.5 Å². The second kappa shape index (κ2) is 4.17. The van der Waals surface area contributed by atoms with E-state index in [9.17, 15) is 0 Å². The minimum atomic E-state index is 0.418. The van der Waals surface area contributed by atoms with E-state index in [4.69, 9.17) is 17.0 Å². The van der Waals surface area contributed by atoms with Crippen molar-refractivity contribution >= 4 is 17.2 Å². The molecule has 5 rings (SSSR count). The van der Waals surface area contributed by atoms with Gasteiger partial charge in [-0.1, -0.05) is 12.2 Å². The Hall–Kier alpha value is -0.150. The quantitative estimate of drug-likeness (QED) is 0.677. The molecule has 5 fully saturated rings. The molecule has 0 aromatic rings. The lowest BCUT2D eigenvalue weighted by Gasteiger charge is -2.58. The van der Waals surface area contributed by atoms with Crippen LogP contribution < -0.4 is 0 Å². The first-order valence-corrected chi connectivity index (χ1v) is 8.03. The van der Waals surface area contributed by atoms with E-state index in [0.29, 0.717) is 5.41 Å². The highest BCUT2D eigenvalue weighted by Crippen LogP contribution is 2.60. The van der Waals surface area contributed by atoms with E-state index < -0.39 is 0 Å². The molecule has 0 aromatic heterocycles. The Morgan fingerprint density at radius 2 is 1.44 bits per heavy atom. The molecule has 4 aliphatic carbocycles. The molecule has 0 unspecified atom stereocenters. The van der Waals surface area contributed by atoms with Gasteiger partial charge in [-0.15, -0.1) is 0 Å². The summed E-state index contributed by atoms with van der Waals surface area (Å²) in [5.41, 5.74) is 0.418. The highest BCUT2D eigenvalue weighted by molar-refractivity contribution is 7.80. The summed E-state index contributed by atoms with van der Waals surface area (Å²) in [4.78, 5) is 3.77. The van der Waals surface area contributed by atoms with Crippen molar-refractivity contribution in [1.29, 1.82) is 0 Å². The van der Waals surface area contributed by atoms with Gasteiger partial charge in [-0.2, -0.15) is 0 Å². The molecular weight excluding hydrogens is 242 g/mol. The molecular formula is C15H23NOS. The first-order valence-electron chi connectivity index (χ1n) is 7.62. The molecule has 1 heterocycles. The van der Waals surface area contributed by atoms with Crippen LogP contribution in [0.4, 0.5) is 0 Å². The summed E-state index contributed by atoms with van der Waals surface area (Å²) in [5.74, 6) is 2.99. The molecule has 2 nitrogen and oxygen atoms in total. The SMILES string of the molecule is S=C(N1CCOCC1)C12CC3CC(CC(C3)C1)C2. The predicted octanol–water partition coefficient (Wildman–Crippen LogP) is 2.86. The smallest absolute Gasteiger partial charge is 0.0843 e. The van der Waals surface area contributed by atoms with Crippen molar-refractivity contribution in [3.8, 4) is 0 Å². The van der Waals surface area contributed by atoms with Gasteiger partial charge in [0.1, 0.15) is 0 Å². The van der Waals surface area contributed by atoms with Crippen LogP contribution in [0.3, 0.4) is 0 Å². The Bertz CT molecular complexity index is 326. The third kappa shape index (κ3) is 1.74. The van der Waals surface area contributed by atoms with Gasteiger partial charge < -0.3 is 9.64 Å². The number of morpholine rings is 1. The van der Waals surface area contributed by atoms with E-state index in [2.05, 4.69) is 4.90 Å². The van der Waals surface area contributed by atoms with Gasteiger partial charge in [-0.25, -0.2) is 0 Å². The average Bonchev–Trinajstić information content (AvgIpc) is 2.37. The van der Waals surface area contributed by atoms with Gasteiger partial charge in [0.05, 0.1) is 18.2 Å². The summed E-state index contributed by atoms with van der Waals surface area (Å²) in [6.45, 7) is 3.79. The second-order valence-electron chi connectivity index (χ2n) is 7.10. The van der Waals surface area contributed by atoms with Crippen molar-refractivity contribution in [2.75, 3.05) is 26.3 Å². The molecule has 3 heteroatoms. The molecule has 4 bridgehead atoms. The van der Waals surface area contributed by atoms with Gasteiger partial charge in [0.15, 0.2) is 0 Å². The van der Waals surface area contributed by atoms with Crippen LogP contribution in [0.1, 0.15) is 38.5 Å². The molecule has 0 atom stereocenters. The first kappa shape index (κ1) is 11.7. The lowest BCUT2D eigenvalue weighted by molar-refractivity contribution is -0.0211. The number of ether oxygens (including phenoxy) is 1. The van der Waals surface area contributed by atoms with Crippen molar-refractivity contribution in [2.24, 2.45) is 23.2 Å². The maximum atomic E-state index is 5.94. The molecule has 0 N–H and O–H groups in total. The van der Waals surface area contributed by atoms with Crippen LogP contribution in [0.15, 0.2) is 0 Å². The molecule has 0 radical (unpaired) electrons. The number of thiocarbonyl (C=S) groups is 1. The maximum absolute atomic E-state index is 5.94. The second-order valence-corrected chi connectivity index (χ2v) is 7.49. The molecule has 1 saturated heterocycles. The van der Waals surface area contributed by atoms with Gasteiger partial charge in [-0.05, 0) is 56.3 Å². The first-order chi connectivity index (χ1) is 8.75. The van der Waals surface area contributed by atoms with Crippen molar-refractivity contribution in [1.82, 2.24) is 4.90 Å². The summed E-state index contributed by atoms with van der Waals surface area (Å²) < 4.78 is 5.47. The molecule has 0 spiro atoms. The van der Waals surface area contributed by atoms with Gasteiger partial charge >= 0.3 is 0 Å². The summed E-state index contributed by atoms with van der Waals surface area (Å²) in [7, 11) is 0. The Morgan fingerprint density at radius 3 is 1.94 bits per heavy atom. The minimum absolute atomic E-state index is 0.418. The summed E-state index contributed by atoms with van der Waals surface area (Å²) in [6.07, 6.45) is 8.71. The largest absolute Gasteiger partial charge is 0.378 e. The van der Waals surface area contributed by atoms with Crippen LogP contribution >= 0.6 is 12.2 Å². The van der Waals surface area contributed by atoms with Gasteiger partial charge in [0.2, 0.25) is 0 Å². The highest BCUT2D eigenvalue weighted by atomic mass is 32.1. The Morgan fingerprint density at radius 1 is 0.944 bits per heavy atom. The number of hydrogen-bond acceptors (Lipinski definition) is 2. The van der Waals surface area contributed by atoms with Crippen LogP contribution in [0.5, 0.6) is 0 Å². The number of hydrogen-bond donors (Lipinski definition) is 0. The van der Waals surface area contributed by atoms with Crippen molar-refractivity contribution in [2.45, 2.75) is 38.5 Å². The third-order valence-electron chi connectivity index (χ3n) is 5.79. The number of nitrogens with zero attached hydrogens (tertiary/aromatic N) is 1. The Labute approximate surface area is 115 Å². The van der Waals surface area contributed by atoms with E-state index in [0.717, 1.165) is 44.1 Å². The van der Waals surface area contributed by atoms with Crippen molar-refractivity contribution in [3.63, 3.8) is 0 Å².